The molecule has 31 heavy (non-hydrogen) atoms. The van der Waals surface area contributed by atoms with Crippen molar-refractivity contribution in [3.63, 3.8) is 0 Å². The number of methoxy groups -OCH3 is 1. The lowest BCUT2D eigenvalue weighted by atomic mass is 10.2. The molecule has 0 fully saturated rings. The number of amides is 1. The van der Waals surface area contributed by atoms with Gasteiger partial charge in [0.25, 0.3) is 5.91 Å². The minimum absolute atomic E-state index is 0.162. The van der Waals surface area contributed by atoms with Crippen molar-refractivity contribution in [2.24, 2.45) is 5.10 Å². The second-order valence-electron chi connectivity index (χ2n) is 6.30. The average molecular weight is 450 g/mol. The van der Waals surface area contributed by atoms with E-state index in [2.05, 4.69) is 20.7 Å². The summed E-state index contributed by atoms with van der Waals surface area (Å²) in [5.74, 6) is 1.40. The summed E-state index contributed by atoms with van der Waals surface area (Å²) in [5, 5.41) is 15.3. The zero-order valence-corrected chi connectivity index (χ0v) is 18.3. The molecule has 0 spiro atoms. The van der Waals surface area contributed by atoms with E-state index in [0.29, 0.717) is 11.0 Å². The van der Waals surface area contributed by atoms with Crippen LogP contribution in [0.1, 0.15) is 4.88 Å². The topological polar surface area (TPSA) is 81.4 Å². The van der Waals surface area contributed by atoms with Crippen molar-refractivity contribution in [1.82, 2.24) is 20.2 Å². The van der Waals surface area contributed by atoms with Gasteiger partial charge in [0.2, 0.25) is 0 Å². The van der Waals surface area contributed by atoms with Crippen molar-refractivity contribution in [2.75, 3.05) is 12.9 Å². The fraction of sp³-hybridized carbons (Fsp3) is 0.0909. The molecular weight excluding hydrogens is 430 g/mol. The number of ether oxygens (including phenoxy) is 1. The molecule has 0 aliphatic rings. The number of para-hydroxylation sites is 1. The first kappa shape index (κ1) is 20.8. The highest BCUT2D eigenvalue weighted by Gasteiger charge is 2.17. The number of aromatic nitrogens is 3. The largest absolute Gasteiger partial charge is 0.497 e. The Morgan fingerprint density at radius 1 is 1.13 bits per heavy atom. The molecule has 0 radical (unpaired) electrons. The Morgan fingerprint density at radius 3 is 2.65 bits per heavy atom. The monoisotopic (exact) mass is 449 g/mol. The summed E-state index contributed by atoms with van der Waals surface area (Å²) in [5.41, 5.74) is 4.36. The number of nitrogens with one attached hydrogen (secondary N) is 1. The predicted octanol–water partition coefficient (Wildman–Crippen LogP) is 4.25. The molecular formula is C22H19N5O2S2. The van der Waals surface area contributed by atoms with Gasteiger partial charge in [-0.1, -0.05) is 36.0 Å². The van der Waals surface area contributed by atoms with Gasteiger partial charge in [-0.3, -0.25) is 9.36 Å². The predicted molar refractivity (Wildman–Crippen MR) is 124 cm³/mol. The lowest BCUT2D eigenvalue weighted by Gasteiger charge is -2.10. The molecule has 2 aromatic carbocycles. The van der Waals surface area contributed by atoms with Gasteiger partial charge in [-0.15, -0.1) is 21.5 Å². The quantitative estimate of drug-likeness (QED) is 0.247. The summed E-state index contributed by atoms with van der Waals surface area (Å²) in [6.45, 7) is 0. The molecule has 2 aromatic heterocycles. The van der Waals surface area contributed by atoms with E-state index in [1.807, 2.05) is 76.7 Å². The minimum Gasteiger partial charge on any atom is -0.497 e. The van der Waals surface area contributed by atoms with Crippen molar-refractivity contribution < 1.29 is 9.53 Å². The van der Waals surface area contributed by atoms with Crippen molar-refractivity contribution in [2.45, 2.75) is 5.16 Å². The van der Waals surface area contributed by atoms with Crippen LogP contribution in [0.15, 0.2) is 82.4 Å². The van der Waals surface area contributed by atoms with Crippen LogP contribution in [0, 0.1) is 0 Å². The van der Waals surface area contributed by atoms with E-state index in [1.165, 1.54) is 11.8 Å². The van der Waals surface area contributed by atoms with Gasteiger partial charge in [0, 0.05) is 16.1 Å². The molecule has 2 heterocycles. The SMILES string of the molecule is COc1ccc(-c2nnc(SCC(=O)N/N=C\c3cccs3)n2-c2ccccc2)cc1. The first-order valence-electron chi connectivity index (χ1n) is 9.38. The van der Waals surface area contributed by atoms with E-state index in [-0.39, 0.29) is 11.7 Å². The molecule has 0 aliphatic carbocycles. The molecule has 156 valence electrons. The molecule has 4 rings (SSSR count). The molecule has 9 heteroatoms. The zero-order chi connectivity index (χ0) is 21.5. The van der Waals surface area contributed by atoms with Crippen molar-refractivity contribution in [3.05, 3.63) is 77.0 Å². The summed E-state index contributed by atoms with van der Waals surface area (Å²) in [7, 11) is 1.63. The number of thiophene rings is 1. The number of carbonyl (C=O) groups is 1. The van der Waals surface area contributed by atoms with Crippen molar-refractivity contribution in [1.29, 1.82) is 0 Å². The second-order valence-corrected chi connectivity index (χ2v) is 8.22. The third-order valence-corrected chi connectivity index (χ3v) is 5.99. The maximum atomic E-state index is 12.2. The number of thioether (sulfide) groups is 1. The summed E-state index contributed by atoms with van der Waals surface area (Å²) in [6.07, 6.45) is 1.63. The van der Waals surface area contributed by atoms with E-state index >= 15 is 0 Å². The van der Waals surface area contributed by atoms with Crippen LogP contribution in [0.3, 0.4) is 0 Å². The maximum Gasteiger partial charge on any atom is 0.250 e. The van der Waals surface area contributed by atoms with Crippen molar-refractivity contribution >= 4 is 35.2 Å². The lowest BCUT2D eigenvalue weighted by molar-refractivity contribution is -0.118. The number of benzene rings is 2. The van der Waals surface area contributed by atoms with Crippen LogP contribution in [0.2, 0.25) is 0 Å². The van der Waals surface area contributed by atoms with Gasteiger partial charge in [0.15, 0.2) is 11.0 Å². The third kappa shape index (κ3) is 5.19. The Morgan fingerprint density at radius 2 is 1.94 bits per heavy atom. The maximum absolute atomic E-state index is 12.2. The van der Waals surface area contributed by atoms with Crippen LogP contribution in [0.5, 0.6) is 5.75 Å². The van der Waals surface area contributed by atoms with Crippen LogP contribution < -0.4 is 10.2 Å². The average Bonchev–Trinajstić information content (AvgIpc) is 3.48. The first-order chi connectivity index (χ1) is 15.2. The van der Waals surface area contributed by atoms with E-state index in [1.54, 1.807) is 24.7 Å². The van der Waals surface area contributed by atoms with Crippen LogP contribution in [-0.4, -0.2) is 39.7 Å². The molecule has 0 unspecified atom stereocenters. The Balaban J connectivity index is 1.53. The molecule has 0 saturated heterocycles. The summed E-state index contributed by atoms with van der Waals surface area (Å²) in [6, 6.07) is 21.3. The van der Waals surface area contributed by atoms with E-state index in [4.69, 9.17) is 4.74 Å². The van der Waals surface area contributed by atoms with Gasteiger partial charge in [0.05, 0.1) is 19.1 Å². The number of hydrogen-bond acceptors (Lipinski definition) is 7. The minimum atomic E-state index is -0.216. The molecule has 0 aliphatic heterocycles. The molecule has 0 atom stereocenters. The molecule has 0 bridgehead atoms. The Kier molecular flexibility index (Phi) is 6.75. The number of nitrogens with zero attached hydrogens (tertiary/aromatic N) is 4. The van der Waals surface area contributed by atoms with Crippen molar-refractivity contribution in [3.8, 4) is 22.8 Å². The Bertz CT molecular complexity index is 1160. The number of rotatable bonds is 8. The smallest absolute Gasteiger partial charge is 0.250 e. The van der Waals surface area contributed by atoms with E-state index in [9.17, 15) is 4.79 Å². The summed E-state index contributed by atoms with van der Waals surface area (Å²) < 4.78 is 7.18. The van der Waals surface area contributed by atoms with Gasteiger partial charge in [-0.25, -0.2) is 5.43 Å². The first-order valence-corrected chi connectivity index (χ1v) is 11.2. The summed E-state index contributed by atoms with van der Waals surface area (Å²) >= 11 is 2.85. The Hall–Kier alpha value is -3.43. The normalized spacial score (nSPS) is 11.0. The fourth-order valence-corrected chi connectivity index (χ4v) is 4.12. The zero-order valence-electron chi connectivity index (χ0n) is 16.6. The van der Waals surface area contributed by atoms with Crippen LogP contribution in [0.4, 0.5) is 0 Å². The molecule has 7 nitrogen and oxygen atoms in total. The highest BCUT2D eigenvalue weighted by molar-refractivity contribution is 7.99. The second kappa shape index (κ2) is 10.1. The molecule has 0 saturated carbocycles. The highest BCUT2D eigenvalue weighted by atomic mass is 32.2. The van der Waals surface area contributed by atoms with Gasteiger partial charge in [0.1, 0.15) is 5.75 Å². The van der Waals surface area contributed by atoms with E-state index in [0.717, 1.165) is 21.9 Å². The lowest BCUT2D eigenvalue weighted by Crippen LogP contribution is -2.19. The van der Waals surface area contributed by atoms with Gasteiger partial charge >= 0.3 is 0 Å². The van der Waals surface area contributed by atoms with E-state index < -0.39 is 0 Å². The molecule has 1 N–H and O–H groups in total. The Labute approximate surface area is 187 Å². The standard InChI is InChI=1S/C22H19N5O2S2/c1-29-18-11-9-16(10-12-18)21-25-26-22(27(21)17-6-3-2-4-7-17)31-15-20(28)24-23-14-19-8-5-13-30-19/h2-14H,15H2,1H3,(H,24,28)/b23-14-. The van der Waals surface area contributed by atoms with Gasteiger partial charge in [-0.2, -0.15) is 5.10 Å². The molecule has 4 aromatic rings. The summed E-state index contributed by atoms with van der Waals surface area (Å²) in [4.78, 5) is 13.2. The van der Waals surface area contributed by atoms with Crippen LogP contribution >= 0.6 is 23.1 Å². The number of carbonyl (C=O) groups excluding carboxylic acids is 1. The molecule has 1 amide bonds. The van der Waals surface area contributed by atoms with Crippen LogP contribution in [-0.2, 0) is 4.79 Å². The van der Waals surface area contributed by atoms with Gasteiger partial charge in [-0.05, 0) is 47.8 Å². The van der Waals surface area contributed by atoms with Crippen LogP contribution in [0.25, 0.3) is 17.1 Å². The number of hydrogen-bond donors (Lipinski definition) is 1. The fourth-order valence-electron chi connectivity index (χ4n) is 2.80. The number of hydrazone groups is 1. The highest BCUT2D eigenvalue weighted by Crippen LogP contribution is 2.28. The third-order valence-electron chi connectivity index (χ3n) is 4.25. The van der Waals surface area contributed by atoms with Gasteiger partial charge < -0.3 is 4.74 Å².